The van der Waals surface area contributed by atoms with Gasteiger partial charge in [-0.1, -0.05) is 0 Å². The van der Waals surface area contributed by atoms with Crippen LogP contribution in [0.25, 0.3) is 0 Å². The van der Waals surface area contributed by atoms with Gasteiger partial charge < -0.3 is 20.5 Å². The summed E-state index contributed by atoms with van der Waals surface area (Å²) in [5, 5.41) is 2.59. The molecule has 0 aromatic carbocycles. The maximum Gasteiger partial charge on any atom is 0.250 e. The molecule has 0 fully saturated rings. The van der Waals surface area contributed by atoms with Crippen LogP contribution in [0.1, 0.15) is 12.8 Å². The van der Waals surface area contributed by atoms with Gasteiger partial charge in [0.15, 0.2) is 0 Å². The molecule has 19 heavy (non-hydrogen) atoms. The highest BCUT2D eigenvalue weighted by Gasteiger charge is 2.03. The molecule has 0 atom stereocenters. The molecule has 1 aromatic heterocycles. The van der Waals surface area contributed by atoms with E-state index in [0.717, 1.165) is 13.0 Å². The molecule has 1 rings (SSSR count). The number of hydrogen-bond donors (Lipinski definition) is 2. The van der Waals surface area contributed by atoms with E-state index in [0.29, 0.717) is 25.2 Å². The lowest BCUT2D eigenvalue weighted by atomic mass is 10.3. The summed E-state index contributed by atoms with van der Waals surface area (Å²) in [7, 11) is 3.60. The first-order valence-electron chi connectivity index (χ1n) is 6.38. The summed E-state index contributed by atoms with van der Waals surface area (Å²) in [6.07, 6.45) is 2.99. The van der Waals surface area contributed by atoms with Crippen LogP contribution in [0.4, 0.5) is 5.69 Å². The van der Waals surface area contributed by atoms with Gasteiger partial charge in [0.1, 0.15) is 0 Å². The first-order chi connectivity index (χ1) is 9.02. The van der Waals surface area contributed by atoms with E-state index in [1.54, 1.807) is 23.9 Å². The van der Waals surface area contributed by atoms with Crippen molar-refractivity contribution in [1.29, 1.82) is 0 Å². The Morgan fingerprint density at radius 2 is 2.16 bits per heavy atom. The van der Waals surface area contributed by atoms with Gasteiger partial charge >= 0.3 is 0 Å². The summed E-state index contributed by atoms with van der Waals surface area (Å²) in [6, 6.07) is 3.08. The minimum Gasteiger partial charge on any atom is -0.398 e. The molecule has 1 aromatic rings. The molecular formula is C13H22N4O2. The molecule has 3 N–H and O–H groups in total. The number of anilines is 1. The van der Waals surface area contributed by atoms with Crippen molar-refractivity contribution in [3.63, 3.8) is 0 Å². The number of amides is 1. The average Bonchev–Trinajstić information content (AvgIpc) is 2.40. The number of rotatable bonds is 7. The van der Waals surface area contributed by atoms with Crippen LogP contribution in [0, 0.1) is 0 Å². The van der Waals surface area contributed by atoms with Crippen LogP contribution >= 0.6 is 0 Å². The van der Waals surface area contributed by atoms with Crippen molar-refractivity contribution < 1.29 is 4.79 Å². The van der Waals surface area contributed by atoms with Gasteiger partial charge in [-0.2, -0.15) is 0 Å². The normalized spacial score (nSPS) is 10.7. The molecule has 0 aliphatic heterocycles. The zero-order valence-electron chi connectivity index (χ0n) is 11.6. The van der Waals surface area contributed by atoms with Crippen molar-refractivity contribution in [2.24, 2.45) is 0 Å². The molecule has 6 nitrogen and oxygen atoms in total. The first-order valence-corrected chi connectivity index (χ1v) is 6.38. The second-order valence-electron chi connectivity index (χ2n) is 4.57. The Morgan fingerprint density at radius 1 is 1.42 bits per heavy atom. The van der Waals surface area contributed by atoms with E-state index in [-0.39, 0.29) is 11.5 Å². The number of carbonyl (C=O) groups is 1. The zero-order chi connectivity index (χ0) is 14.3. The second kappa shape index (κ2) is 7.58. The molecule has 0 aliphatic carbocycles. The van der Waals surface area contributed by atoms with Crippen molar-refractivity contribution >= 4 is 11.6 Å². The molecule has 0 radical (unpaired) electrons. The molecule has 0 saturated carbocycles. The Balaban J connectivity index is 2.31. The zero-order valence-corrected chi connectivity index (χ0v) is 11.6. The topological polar surface area (TPSA) is 80.4 Å². The minimum atomic E-state index is -0.0396. The minimum absolute atomic E-state index is 0.0396. The van der Waals surface area contributed by atoms with E-state index < -0.39 is 0 Å². The second-order valence-corrected chi connectivity index (χ2v) is 4.57. The molecule has 0 spiro atoms. The number of aryl methyl sites for hydroxylation is 1. The molecule has 0 saturated heterocycles. The summed E-state index contributed by atoms with van der Waals surface area (Å²) >= 11 is 0. The smallest absolute Gasteiger partial charge is 0.250 e. The molecule has 0 bridgehead atoms. The fraction of sp³-hybridized carbons (Fsp3) is 0.538. The van der Waals surface area contributed by atoms with Gasteiger partial charge in [0.2, 0.25) is 5.91 Å². The largest absolute Gasteiger partial charge is 0.398 e. The first kappa shape index (κ1) is 15.2. The maximum atomic E-state index is 11.5. The fourth-order valence-corrected chi connectivity index (χ4v) is 1.76. The Hall–Kier alpha value is -1.82. The highest BCUT2D eigenvalue weighted by Crippen LogP contribution is 1.98. The maximum absolute atomic E-state index is 11.5. The number of carbonyl (C=O) groups excluding carboxylic acids is 1. The Bertz CT molecular complexity index is 470. The molecule has 106 valence electrons. The van der Waals surface area contributed by atoms with Crippen LogP contribution in [0.2, 0.25) is 0 Å². The van der Waals surface area contributed by atoms with E-state index >= 15 is 0 Å². The van der Waals surface area contributed by atoms with Crippen LogP contribution in [0.3, 0.4) is 0 Å². The number of aromatic nitrogens is 1. The molecule has 1 amide bonds. The quantitative estimate of drug-likeness (QED) is 0.721. The summed E-state index contributed by atoms with van der Waals surface area (Å²) in [4.78, 5) is 24.7. The summed E-state index contributed by atoms with van der Waals surface area (Å²) in [5.41, 5.74) is 6.19. The van der Waals surface area contributed by atoms with Crippen LogP contribution in [0.5, 0.6) is 0 Å². The van der Waals surface area contributed by atoms with Gasteiger partial charge in [0, 0.05) is 44.5 Å². The Morgan fingerprint density at radius 3 is 2.84 bits per heavy atom. The highest BCUT2D eigenvalue weighted by atomic mass is 16.1. The summed E-state index contributed by atoms with van der Waals surface area (Å²) in [6.45, 7) is 2.18. The predicted octanol–water partition coefficient (Wildman–Crippen LogP) is -0.111. The van der Waals surface area contributed by atoms with E-state index in [9.17, 15) is 9.59 Å². The molecule has 0 unspecified atom stereocenters. The predicted molar refractivity (Wildman–Crippen MR) is 75.9 cm³/mol. The van der Waals surface area contributed by atoms with Crippen molar-refractivity contribution in [3.8, 4) is 0 Å². The number of pyridine rings is 1. The van der Waals surface area contributed by atoms with Gasteiger partial charge in [-0.3, -0.25) is 9.59 Å². The number of nitrogens with two attached hydrogens (primary N) is 1. The number of hydrogen-bond acceptors (Lipinski definition) is 4. The van der Waals surface area contributed by atoms with Gasteiger partial charge in [-0.15, -0.1) is 0 Å². The van der Waals surface area contributed by atoms with E-state index in [2.05, 4.69) is 10.2 Å². The summed E-state index contributed by atoms with van der Waals surface area (Å²) < 4.78 is 1.61. The van der Waals surface area contributed by atoms with Crippen molar-refractivity contribution in [1.82, 2.24) is 14.8 Å². The summed E-state index contributed by atoms with van der Waals surface area (Å²) in [5.74, 6) is 0.0407. The molecule has 0 aliphatic rings. The van der Waals surface area contributed by atoms with Crippen molar-refractivity contribution in [3.05, 3.63) is 28.7 Å². The fourth-order valence-electron chi connectivity index (χ4n) is 1.76. The van der Waals surface area contributed by atoms with Gasteiger partial charge in [-0.05, 0) is 26.1 Å². The van der Waals surface area contributed by atoms with E-state index in [4.69, 9.17) is 5.73 Å². The van der Waals surface area contributed by atoms with Crippen molar-refractivity contribution in [2.75, 3.05) is 32.9 Å². The van der Waals surface area contributed by atoms with Crippen LogP contribution in [-0.2, 0) is 11.3 Å². The lowest BCUT2D eigenvalue weighted by Gasteiger charge is -2.16. The van der Waals surface area contributed by atoms with Gasteiger partial charge in [-0.25, -0.2) is 0 Å². The van der Waals surface area contributed by atoms with Gasteiger partial charge in [0.25, 0.3) is 5.56 Å². The van der Waals surface area contributed by atoms with Crippen molar-refractivity contribution in [2.45, 2.75) is 19.4 Å². The Labute approximate surface area is 113 Å². The Kier molecular flexibility index (Phi) is 6.08. The standard InChI is InChI=1S/C13H22N4O2/c1-15-12(18)6-9-16(2)7-3-8-17-10-11(14)4-5-13(17)19/h4-5,10H,3,6-9,14H2,1-2H3,(H,15,18). The van der Waals surface area contributed by atoms with Crippen LogP contribution < -0.4 is 16.6 Å². The highest BCUT2D eigenvalue weighted by molar-refractivity contribution is 5.75. The number of nitrogens with zero attached hydrogens (tertiary/aromatic N) is 2. The van der Waals surface area contributed by atoms with E-state index in [1.807, 2.05) is 7.05 Å². The molecular weight excluding hydrogens is 244 g/mol. The molecule has 6 heteroatoms. The third-order valence-corrected chi connectivity index (χ3v) is 2.94. The third kappa shape index (κ3) is 5.56. The van der Waals surface area contributed by atoms with Gasteiger partial charge in [0.05, 0.1) is 0 Å². The monoisotopic (exact) mass is 266 g/mol. The average molecular weight is 266 g/mol. The lowest BCUT2D eigenvalue weighted by Crippen LogP contribution is -2.28. The number of nitrogens with one attached hydrogen (secondary N) is 1. The number of nitrogen functional groups attached to an aromatic ring is 1. The lowest BCUT2D eigenvalue weighted by molar-refractivity contribution is -0.120. The SMILES string of the molecule is CNC(=O)CCN(C)CCCn1cc(N)ccc1=O. The molecule has 1 heterocycles. The van der Waals surface area contributed by atoms with E-state index in [1.165, 1.54) is 6.07 Å². The van der Waals surface area contributed by atoms with Crippen LogP contribution in [0.15, 0.2) is 23.1 Å². The van der Waals surface area contributed by atoms with Crippen LogP contribution in [-0.4, -0.2) is 42.6 Å². The third-order valence-electron chi connectivity index (χ3n) is 2.94.